The molecule has 1 aromatic heterocycles. The Kier molecular flexibility index (Phi) is 2.45. The standard InChI is InChI=1S/C14H13ClN2/c1-17-6-2-3-12(17)7-10-9-16-14-8-11(15)4-5-13(10)14/h2-8,16H,9H2,1H3/b10-7-. The zero-order valence-electron chi connectivity index (χ0n) is 9.57. The summed E-state index contributed by atoms with van der Waals surface area (Å²) >= 11 is 5.98. The van der Waals surface area contributed by atoms with E-state index in [0.717, 1.165) is 17.3 Å². The molecule has 0 amide bonds. The maximum Gasteiger partial charge on any atom is 0.0434 e. The minimum absolute atomic E-state index is 0.774. The molecule has 0 atom stereocenters. The van der Waals surface area contributed by atoms with Crippen molar-refractivity contribution in [1.82, 2.24) is 4.57 Å². The summed E-state index contributed by atoms with van der Waals surface area (Å²) in [6.07, 6.45) is 4.27. The summed E-state index contributed by atoms with van der Waals surface area (Å²) in [6, 6.07) is 10.2. The molecule has 17 heavy (non-hydrogen) atoms. The molecule has 0 saturated heterocycles. The van der Waals surface area contributed by atoms with Gasteiger partial charge in [-0.2, -0.15) is 0 Å². The van der Waals surface area contributed by atoms with Gasteiger partial charge in [0.2, 0.25) is 0 Å². The largest absolute Gasteiger partial charge is 0.380 e. The Balaban J connectivity index is 2.04. The second kappa shape index (κ2) is 3.97. The van der Waals surface area contributed by atoms with E-state index in [1.165, 1.54) is 16.8 Å². The van der Waals surface area contributed by atoms with E-state index in [-0.39, 0.29) is 0 Å². The van der Waals surface area contributed by atoms with Gasteiger partial charge in [-0.05, 0) is 35.9 Å². The molecule has 0 aliphatic carbocycles. The molecule has 86 valence electrons. The summed E-state index contributed by atoms with van der Waals surface area (Å²) in [6.45, 7) is 0.862. The van der Waals surface area contributed by atoms with Gasteiger partial charge in [-0.3, -0.25) is 0 Å². The van der Waals surface area contributed by atoms with E-state index >= 15 is 0 Å². The van der Waals surface area contributed by atoms with Crippen molar-refractivity contribution in [3.8, 4) is 0 Å². The molecule has 0 unspecified atom stereocenters. The Labute approximate surface area is 106 Å². The predicted octanol–water partition coefficient (Wildman–Crippen LogP) is 3.64. The number of hydrogen-bond acceptors (Lipinski definition) is 1. The average molecular weight is 245 g/mol. The number of aromatic nitrogens is 1. The van der Waals surface area contributed by atoms with Crippen molar-refractivity contribution in [3.63, 3.8) is 0 Å². The van der Waals surface area contributed by atoms with Gasteiger partial charge < -0.3 is 9.88 Å². The predicted molar refractivity (Wildman–Crippen MR) is 73.2 cm³/mol. The first-order chi connectivity index (χ1) is 8.24. The Bertz CT molecular complexity index is 596. The maximum absolute atomic E-state index is 5.98. The third-order valence-corrected chi connectivity index (χ3v) is 3.34. The Morgan fingerprint density at radius 3 is 3.00 bits per heavy atom. The number of benzene rings is 1. The van der Waals surface area contributed by atoms with Crippen LogP contribution in [-0.4, -0.2) is 11.1 Å². The van der Waals surface area contributed by atoms with Crippen molar-refractivity contribution in [2.45, 2.75) is 0 Å². The molecule has 0 fully saturated rings. The van der Waals surface area contributed by atoms with Crippen LogP contribution in [0.4, 0.5) is 5.69 Å². The van der Waals surface area contributed by atoms with Gasteiger partial charge in [0, 0.05) is 41.8 Å². The SMILES string of the molecule is Cn1cccc1/C=C1/CNc2cc(Cl)ccc21. The van der Waals surface area contributed by atoms with Gasteiger partial charge in [-0.15, -0.1) is 0 Å². The third-order valence-electron chi connectivity index (χ3n) is 3.10. The second-order valence-corrected chi connectivity index (χ2v) is 4.69. The fourth-order valence-electron chi connectivity index (χ4n) is 2.16. The van der Waals surface area contributed by atoms with E-state index in [1.54, 1.807) is 0 Å². The van der Waals surface area contributed by atoms with E-state index < -0.39 is 0 Å². The van der Waals surface area contributed by atoms with Gasteiger partial charge in [0.15, 0.2) is 0 Å². The van der Waals surface area contributed by atoms with E-state index in [4.69, 9.17) is 11.6 Å². The lowest BCUT2D eigenvalue weighted by atomic mass is 10.1. The van der Waals surface area contributed by atoms with Crippen LogP contribution in [0, 0.1) is 0 Å². The molecule has 3 rings (SSSR count). The topological polar surface area (TPSA) is 17.0 Å². The van der Waals surface area contributed by atoms with Gasteiger partial charge >= 0.3 is 0 Å². The van der Waals surface area contributed by atoms with E-state index in [9.17, 15) is 0 Å². The minimum atomic E-state index is 0.774. The molecule has 0 saturated carbocycles. The second-order valence-electron chi connectivity index (χ2n) is 4.26. The summed E-state index contributed by atoms with van der Waals surface area (Å²) in [4.78, 5) is 0. The molecule has 1 aliphatic heterocycles. The first-order valence-electron chi connectivity index (χ1n) is 5.60. The fourth-order valence-corrected chi connectivity index (χ4v) is 2.33. The highest BCUT2D eigenvalue weighted by molar-refractivity contribution is 6.31. The van der Waals surface area contributed by atoms with Gasteiger partial charge in [0.25, 0.3) is 0 Å². The number of anilines is 1. The number of halogens is 1. The first-order valence-corrected chi connectivity index (χ1v) is 5.97. The first kappa shape index (κ1) is 10.5. The van der Waals surface area contributed by atoms with E-state index in [1.807, 2.05) is 12.1 Å². The molecule has 3 heteroatoms. The van der Waals surface area contributed by atoms with E-state index in [0.29, 0.717) is 0 Å². The summed E-state index contributed by atoms with van der Waals surface area (Å²) in [7, 11) is 2.05. The number of aryl methyl sites for hydroxylation is 1. The van der Waals surface area contributed by atoms with Crippen LogP contribution in [0.1, 0.15) is 11.3 Å². The average Bonchev–Trinajstić information content (AvgIpc) is 2.87. The van der Waals surface area contributed by atoms with Crippen LogP contribution < -0.4 is 5.32 Å². The Morgan fingerprint density at radius 2 is 2.24 bits per heavy atom. The minimum Gasteiger partial charge on any atom is -0.380 e. The highest BCUT2D eigenvalue weighted by Crippen LogP contribution is 2.33. The molecule has 1 aliphatic rings. The summed E-state index contributed by atoms with van der Waals surface area (Å²) < 4.78 is 2.11. The van der Waals surface area contributed by atoms with Gasteiger partial charge in [-0.1, -0.05) is 17.7 Å². The highest BCUT2D eigenvalue weighted by atomic mass is 35.5. The third kappa shape index (κ3) is 1.85. The van der Waals surface area contributed by atoms with Gasteiger partial charge in [-0.25, -0.2) is 0 Å². The molecule has 0 radical (unpaired) electrons. The number of nitrogens with one attached hydrogen (secondary N) is 1. The summed E-state index contributed by atoms with van der Waals surface area (Å²) in [5, 5.41) is 4.14. The normalized spacial score (nSPS) is 16.0. The van der Waals surface area contributed by atoms with E-state index in [2.05, 4.69) is 47.4 Å². The molecule has 1 N–H and O–H groups in total. The lowest BCUT2D eigenvalue weighted by Gasteiger charge is -2.01. The monoisotopic (exact) mass is 244 g/mol. The van der Waals surface area contributed by atoms with Crippen LogP contribution in [-0.2, 0) is 7.05 Å². The molecular formula is C14H13ClN2. The van der Waals surface area contributed by atoms with Crippen LogP contribution in [0.25, 0.3) is 11.6 Å². The summed E-state index contributed by atoms with van der Waals surface area (Å²) in [5.74, 6) is 0. The molecule has 2 heterocycles. The van der Waals surface area contributed by atoms with Crippen molar-refractivity contribution in [1.29, 1.82) is 0 Å². The highest BCUT2D eigenvalue weighted by Gasteiger charge is 2.15. The smallest absolute Gasteiger partial charge is 0.0434 e. The lowest BCUT2D eigenvalue weighted by molar-refractivity contribution is 0.915. The van der Waals surface area contributed by atoms with Crippen LogP contribution >= 0.6 is 11.6 Å². The maximum atomic E-state index is 5.98. The molecule has 0 bridgehead atoms. The number of nitrogens with zero attached hydrogens (tertiary/aromatic N) is 1. The van der Waals surface area contributed by atoms with Crippen LogP contribution in [0.5, 0.6) is 0 Å². The lowest BCUT2D eigenvalue weighted by Crippen LogP contribution is -1.93. The Hall–Kier alpha value is -1.67. The Morgan fingerprint density at radius 1 is 1.35 bits per heavy atom. The van der Waals surface area contributed by atoms with Gasteiger partial charge in [0.1, 0.15) is 0 Å². The number of hydrogen-bond donors (Lipinski definition) is 1. The zero-order chi connectivity index (χ0) is 11.8. The number of fused-ring (bicyclic) bond motifs is 1. The van der Waals surface area contributed by atoms with Crippen molar-refractivity contribution in [2.75, 3.05) is 11.9 Å². The molecule has 1 aromatic carbocycles. The summed E-state index contributed by atoms with van der Waals surface area (Å²) in [5.41, 5.74) is 4.89. The quantitative estimate of drug-likeness (QED) is 0.810. The van der Waals surface area contributed by atoms with Crippen LogP contribution in [0.15, 0.2) is 36.5 Å². The fraction of sp³-hybridized carbons (Fsp3) is 0.143. The molecule has 2 aromatic rings. The molecular weight excluding hydrogens is 232 g/mol. The number of rotatable bonds is 1. The van der Waals surface area contributed by atoms with Crippen molar-refractivity contribution in [3.05, 3.63) is 52.8 Å². The zero-order valence-corrected chi connectivity index (χ0v) is 10.3. The van der Waals surface area contributed by atoms with Crippen LogP contribution in [0.3, 0.4) is 0 Å². The van der Waals surface area contributed by atoms with Gasteiger partial charge in [0.05, 0.1) is 0 Å². The van der Waals surface area contributed by atoms with Crippen LogP contribution in [0.2, 0.25) is 5.02 Å². The molecule has 0 spiro atoms. The van der Waals surface area contributed by atoms with Crippen molar-refractivity contribution < 1.29 is 0 Å². The van der Waals surface area contributed by atoms with Crippen molar-refractivity contribution in [2.24, 2.45) is 7.05 Å². The van der Waals surface area contributed by atoms with Crippen molar-refractivity contribution >= 4 is 28.9 Å². The molecule has 2 nitrogen and oxygen atoms in total.